The van der Waals surface area contributed by atoms with Gasteiger partial charge in [0.15, 0.2) is 11.6 Å². The number of hydrogen-bond donors (Lipinski definition) is 1. The van der Waals surface area contributed by atoms with Gasteiger partial charge in [-0.2, -0.15) is 0 Å². The van der Waals surface area contributed by atoms with Crippen LogP contribution in [0.5, 0.6) is 5.75 Å². The highest BCUT2D eigenvalue weighted by Crippen LogP contribution is 2.39. The summed E-state index contributed by atoms with van der Waals surface area (Å²) in [7, 11) is 0. The molecule has 0 aliphatic carbocycles. The van der Waals surface area contributed by atoms with Crippen LogP contribution < -0.4 is 15.4 Å². The van der Waals surface area contributed by atoms with Gasteiger partial charge in [-0.05, 0) is 24.7 Å². The number of hydrogen-bond acceptors (Lipinski definition) is 3. The first-order valence-electron chi connectivity index (χ1n) is 7.29. The van der Waals surface area contributed by atoms with Crippen molar-refractivity contribution in [2.45, 2.75) is 34.1 Å². The van der Waals surface area contributed by atoms with Gasteiger partial charge < -0.3 is 15.4 Å². The van der Waals surface area contributed by atoms with Crippen LogP contribution in [0.1, 0.15) is 34.1 Å². The maximum Gasteiger partial charge on any atom is 0.167 e. The summed E-state index contributed by atoms with van der Waals surface area (Å²) in [6.45, 7) is 11.0. The zero-order valence-electron chi connectivity index (χ0n) is 12.9. The largest absolute Gasteiger partial charge is 0.491 e. The van der Waals surface area contributed by atoms with Crippen LogP contribution in [0.15, 0.2) is 12.1 Å². The molecule has 112 valence electrons. The molecule has 1 unspecified atom stereocenters. The van der Waals surface area contributed by atoms with Gasteiger partial charge in [0, 0.05) is 25.2 Å². The molecule has 0 bridgehead atoms. The lowest BCUT2D eigenvalue weighted by Crippen LogP contribution is -2.26. The minimum atomic E-state index is -0.389. The fourth-order valence-electron chi connectivity index (χ4n) is 2.78. The van der Waals surface area contributed by atoms with Crippen molar-refractivity contribution < 1.29 is 9.13 Å². The van der Waals surface area contributed by atoms with Crippen LogP contribution in [0.4, 0.5) is 15.8 Å². The molecular formula is C16H25FN2O. The molecular weight excluding hydrogens is 255 g/mol. The third kappa shape index (κ3) is 3.00. The van der Waals surface area contributed by atoms with E-state index in [1.54, 1.807) is 6.07 Å². The fourth-order valence-corrected chi connectivity index (χ4v) is 2.78. The standard InChI is InChI=1S/C16H25FN2O/c1-5-20-15-9-14(13(18)8-12(15)17)19-7-6-11(10-19)16(2,3)4/h8-9,11H,5-7,10,18H2,1-4H3. The maximum atomic E-state index is 13.7. The summed E-state index contributed by atoms with van der Waals surface area (Å²) in [5.41, 5.74) is 7.64. The van der Waals surface area contributed by atoms with E-state index < -0.39 is 0 Å². The number of benzene rings is 1. The van der Waals surface area contributed by atoms with Crippen molar-refractivity contribution >= 4 is 11.4 Å². The Morgan fingerprint density at radius 1 is 1.40 bits per heavy atom. The number of nitrogens with two attached hydrogens (primary N) is 1. The lowest BCUT2D eigenvalue weighted by Gasteiger charge is -2.28. The number of rotatable bonds is 3. The lowest BCUT2D eigenvalue weighted by molar-refractivity contribution is 0.263. The van der Waals surface area contributed by atoms with E-state index >= 15 is 0 Å². The monoisotopic (exact) mass is 280 g/mol. The molecule has 1 atom stereocenters. The highest BCUT2D eigenvalue weighted by molar-refractivity contribution is 5.70. The third-order valence-corrected chi connectivity index (χ3v) is 4.13. The molecule has 1 heterocycles. The molecule has 2 rings (SSSR count). The first-order chi connectivity index (χ1) is 9.32. The Labute approximate surface area is 120 Å². The van der Waals surface area contributed by atoms with Crippen LogP contribution in [0.25, 0.3) is 0 Å². The van der Waals surface area contributed by atoms with E-state index in [2.05, 4.69) is 25.7 Å². The maximum absolute atomic E-state index is 13.7. The molecule has 1 saturated heterocycles. The van der Waals surface area contributed by atoms with E-state index in [0.29, 0.717) is 18.2 Å². The Hall–Kier alpha value is -1.45. The first-order valence-corrected chi connectivity index (χ1v) is 7.29. The normalized spacial score (nSPS) is 19.4. The summed E-state index contributed by atoms with van der Waals surface area (Å²) in [6, 6.07) is 3.10. The van der Waals surface area contributed by atoms with Crippen LogP contribution in [0, 0.1) is 17.2 Å². The minimum Gasteiger partial charge on any atom is -0.491 e. The second kappa shape index (κ2) is 5.51. The Balaban J connectivity index is 2.23. The smallest absolute Gasteiger partial charge is 0.167 e. The van der Waals surface area contributed by atoms with E-state index in [4.69, 9.17) is 10.5 Å². The van der Waals surface area contributed by atoms with Gasteiger partial charge >= 0.3 is 0 Å². The fraction of sp³-hybridized carbons (Fsp3) is 0.625. The van der Waals surface area contributed by atoms with Gasteiger partial charge in [0.05, 0.1) is 18.0 Å². The van der Waals surface area contributed by atoms with Crippen LogP contribution in [0.2, 0.25) is 0 Å². The van der Waals surface area contributed by atoms with E-state index in [-0.39, 0.29) is 17.0 Å². The van der Waals surface area contributed by atoms with E-state index in [1.165, 1.54) is 6.07 Å². The summed E-state index contributed by atoms with van der Waals surface area (Å²) >= 11 is 0. The molecule has 0 saturated carbocycles. The molecule has 0 aromatic heterocycles. The zero-order chi connectivity index (χ0) is 14.9. The molecule has 1 aromatic rings. The average molecular weight is 280 g/mol. The average Bonchev–Trinajstić information content (AvgIpc) is 2.81. The molecule has 0 amide bonds. The van der Waals surface area contributed by atoms with Gasteiger partial charge in [0.2, 0.25) is 0 Å². The molecule has 2 N–H and O–H groups in total. The molecule has 0 spiro atoms. The quantitative estimate of drug-likeness (QED) is 0.858. The van der Waals surface area contributed by atoms with Gasteiger partial charge in [0.25, 0.3) is 0 Å². The van der Waals surface area contributed by atoms with Crippen LogP contribution in [-0.2, 0) is 0 Å². The summed E-state index contributed by atoms with van der Waals surface area (Å²) in [5.74, 6) is 0.526. The lowest BCUT2D eigenvalue weighted by atomic mass is 9.80. The molecule has 1 aliphatic rings. The Kier molecular flexibility index (Phi) is 4.11. The predicted molar refractivity (Wildman–Crippen MR) is 81.8 cm³/mol. The SMILES string of the molecule is CCOc1cc(N2CCC(C(C)(C)C)C2)c(N)cc1F. The van der Waals surface area contributed by atoms with E-state index in [9.17, 15) is 4.39 Å². The molecule has 0 radical (unpaired) electrons. The zero-order valence-corrected chi connectivity index (χ0v) is 12.9. The van der Waals surface area contributed by atoms with E-state index in [1.807, 2.05) is 6.92 Å². The second-order valence-electron chi connectivity index (χ2n) is 6.57. The van der Waals surface area contributed by atoms with Gasteiger partial charge in [0.1, 0.15) is 0 Å². The number of nitrogen functional groups attached to an aromatic ring is 1. The van der Waals surface area contributed by atoms with Crippen molar-refractivity contribution in [2.24, 2.45) is 11.3 Å². The minimum absolute atomic E-state index is 0.284. The van der Waals surface area contributed by atoms with Gasteiger partial charge in [-0.25, -0.2) is 4.39 Å². The van der Waals surface area contributed by atoms with Crippen molar-refractivity contribution in [1.82, 2.24) is 0 Å². The highest BCUT2D eigenvalue weighted by Gasteiger charge is 2.32. The molecule has 3 nitrogen and oxygen atoms in total. The van der Waals surface area contributed by atoms with Crippen molar-refractivity contribution in [3.63, 3.8) is 0 Å². The van der Waals surface area contributed by atoms with E-state index in [0.717, 1.165) is 25.2 Å². The number of nitrogens with zero attached hydrogens (tertiary/aromatic N) is 1. The summed E-state index contributed by atoms with van der Waals surface area (Å²) in [4.78, 5) is 2.24. The van der Waals surface area contributed by atoms with Crippen LogP contribution in [-0.4, -0.2) is 19.7 Å². The van der Waals surface area contributed by atoms with Gasteiger partial charge in [-0.1, -0.05) is 20.8 Å². The molecule has 4 heteroatoms. The summed E-state index contributed by atoms with van der Waals surface area (Å²) in [5, 5.41) is 0. The Bertz CT molecular complexity index is 482. The number of ether oxygens (including phenoxy) is 1. The molecule has 1 fully saturated rings. The Morgan fingerprint density at radius 3 is 2.65 bits per heavy atom. The van der Waals surface area contributed by atoms with Crippen LogP contribution in [0.3, 0.4) is 0 Å². The Morgan fingerprint density at radius 2 is 2.10 bits per heavy atom. The second-order valence-corrected chi connectivity index (χ2v) is 6.57. The third-order valence-electron chi connectivity index (χ3n) is 4.13. The summed E-state index contributed by atoms with van der Waals surface area (Å²) in [6.07, 6.45) is 1.14. The molecule has 1 aromatic carbocycles. The topological polar surface area (TPSA) is 38.5 Å². The predicted octanol–water partition coefficient (Wildman–Crippen LogP) is 3.68. The first kappa shape index (κ1) is 14.9. The van der Waals surface area contributed by atoms with Crippen LogP contribution >= 0.6 is 0 Å². The molecule has 1 aliphatic heterocycles. The highest BCUT2D eigenvalue weighted by atomic mass is 19.1. The van der Waals surface area contributed by atoms with Gasteiger partial charge in [-0.3, -0.25) is 0 Å². The van der Waals surface area contributed by atoms with Crippen molar-refractivity contribution in [3.05, 3.63) is 17.9 Å². The number of anilines is 2. The number of halogens is 1. The molecule has 20 heavy (non-hydrogen) atoms. The van der Waals surface area contributed by atoms with Crippen molar-refractivity contribution in [2.75, 3.05) is 30.3 Å². The van der Waals surface area contributed by atoms with Crippen molar-refractivity contribution in [3.8, 4) is 5.75 Å². The van der Waals surface area contributed by atoms with Gasteiger partial charge in [-0.15, -0.1) is 0 Å². The summed E-state index contributed by atoms with van der Waals surface area (Å²) < 4.78 is 19.1. The van der Waals surface area contributed by atoms with Crippen molar-refractivity contribution in [1.29, 1.82) is 0 Å².